The minimum atomic E-state index is -0.504. The maximum absolute atomic E-state index is 11.8. The van der Waals surface area contributed by atoms with Crippen LogP contribution in [-0.4, -0.2) is 18.6 Å². The van der Waals surface area contributed by atoms with E-state index in [1.807, 2.05) is 36.4 Å². The average Bonchev–Trinajstić information content (AvgIpc) is 2.72. The zero-order valence-corrected chi connectivity index (χ0v) is 16.4. The maximum atomic E-state index is 11.8. The van der Waals surface area contributed by atoms with E-state index >= 15 is 0 Å². The lowest BCUT2D eigenvalue weighted by Gasteiger charge is -2.20. The number of Topliss-reactive ketones (excluding diaryl/α,β-unsaturated/α-hetero) is 1. The fraction of sp³-hybridized carbons (Fsp3) is 0.125. The molecule has 0 unspecified atom stereocenters. The standard InChI is InChI=1S/C24H23O2P/c1-19(25)23-15-9-10-16-24(23)20(2)26-17-18-27(21-11-5-3-6-12-21)22-13-7-4-8-14-22/h3-16H,2,17-18H2,1H3. The van der Waals surface area contributed by atoms with E-state index in [2.05, 4.69) is 55.1 Å². The topological polar surface area (TPSA) is 26.3 Å². The molecule has 0 saturated heterocycles. The third-order valence-corrected chi connectivity index (χ3v) is 6.81. The lowest BCUT2D eigenvalue weighted by atomic mass is 10.0. The Kier molecular flexibility index (Phi) is 6.57. The number of hydrogen-bond donors (Lipinski definition) is 0. The summed E-state index contributed by atoms with van der Waals surface area (Å²) in [6.07, 6.45) is 0.893. The lowest BCUT2D eigenvalue weighted by Crippen LogP contribution is -2.16. The molecule has 0 aromatic heterocycles. The molecule has 0 heterocycles. The highest BCUT2D eigenvalue weighted by atomic mass is 31.1. The first-order chi connectivity index (χ1) is 13.2. The summed E-state index contributed by atoms with van der Waals surface area (Å²) in [5, 5.41) is 2.66. The molecule has 0 N–H and O–H groups in total. The largest absolute Gasteiger partial charge is 0.493 e. The second-order valence-corrected chi connectivity index (χ2v) is 8.53. The number of carbonyl (C=O) groups excluding carboxylic acids is 1. The van der Waals surface area contributed by atoms with Crippen molar-refractivity contribution in [3.63, 3.8) is 0 Å². The van der Waals surface area contributed by atoms with Crippen LogP contribution >= 0.6 is 7.92 Å². The molecular weight excluding hydrogens is 351 g/mol. The minimum Gasteiger partial charge on any atom is -0.493 e. The van der Waals surface area contributed by atoms with Gasteiger partial charge in [-0.1, -0.05) is 91.5 Å². The van der Waals surface area contributed by atoms with Gasteiger partial charge in [-0.15, -0.1) is 0 Å². The van der Waals surface area contributed by atoms with Crippen molar-refractivity contribution in [2.24, 2.45) is 0 Å². The van der Waals surface area contributed by atoms with Crippen LogP contribution in [0.5, 0.6) is 0 Å². The van der Waals surface area contributed by atoms with Gasteiger partial charge in [0, 0.05) is 17.3 Å². The highest BCUT2D eigenvalue weighted by Gasteiger charge is 2.15. The first kappa shape index (κ1) is 19.1. The van der Waals surface area contributed by atoms with Gasteiger partial charge in [0.1, 0.15) is 5.76 Å². The van der Waals surface area contributed by atoms with Crippen molar-refractivity contribution in [3.05, 3.63) is 103 Å². The fourth-order valence-corrected chi connectivity index (χ4v) is 5.15. The van der Waals surface area contributed by atoms with Crippen molar-refractivity contribution < 1.29 is 9.53 Å². The molecule has 0 radical (unpaired) electrons. The molecule has 3 rings (SSSR count). The van der Waals surface area contributed by atoms with E-state index in [0.29, 0.717) is 17.9 Å². The van der Waals surface area contributed by atoms with Crippen LogP contribution in [0.3, 0.4) is 0 Å². The van der Waals surface area contributed by atoms with E-state index in [1.54, 1.807) is 6.92 Å². The number of benzene rings is 3. The maximum Gasteiger partial charge on any atom is 0.160 e. The number of ether oxygens (including phenoxy) is 1. The van der Waals surface area contributed by atoms with E-state index in [-0.39, 0.29) is 5.78 Å². The van der Waals surface area contributed by atoms with Gasteiger partial charge in [0.05, 0.1) is 6.61 Å². The molecule has 3 aromatic rings. The smallest absolute Gasteiger partial charge is 0.160 e. The average molecular weight is 374 g/mol. The van der Waals surface area contributed by atoms with Crippen molar-refractivity contribution in [2.75, 3.05) is 12.8 Å². The second kappa shape index (κ2) is 9.30. The normalized spacial score (nSPS) is 10.6. The van der Waals surface area contributed by atoms with Crippen LogP contribution in [0.15, 0.2) is 91.5 Å². The quantitative estimate of drug-likeness (QED) is 0.315. The Hall–Kier alpha value is -2.70. The Labute approximate surface area is 162 Å². The van der Waals surface area contributed by atoms with Gasteiger partial charge in [0.2, 0.25) is 0 Å². The third-order valence-electron chi connectivity index (χ3n) is 4.33. The summed E-state index contributed by atoms with van der Waals surface area (Å²) in [6, 6.07) is 28.6. The molecular formula is C24H23O2P. The zero-order chi connectivity index (χ0) is 19.1. The Morgan fingerprint density at radius 3 is 1.81 bits per heavy atom. The molecule has 0 aliphatic rings. The molecule has 3 heteroatoms. The SMILES string of the molecule is C=C(OCCP(c1ccccc1)c1ccccc1)c1ccccc1C(C)=O. The molecule has 0 atom stereocenters. The number of ketones is 1. The Morgan fingerprint density at radius 2 is 1.30 bits per heavy atom. The molecule has 27 heavy (non-hydrogen) atoms. The predicted octanol–water partition coefficient (Wildman–Crippen LogP) is 5.01. The van der Waals surface area contributed by atoms with Gasteiger partial charge in [-0.25, -0.2) is 0 Å². The summed E-state index contributed by atoms with van der Waals surface area (Å²) in [5.74, 6) is 0.572. The molecule has 0 spiro atoms. The molecule has 0 bridgehead atoms. The van der Waals surface area contributed by atoms with Crippen LogP contribution in [0.1, 0.15) is 22.8 Å². The predicted molar refractivity (Wildman–Crippen MR) is 115 cm³/mol. The van der Waals surface area contributed by atoms with E-state index in [0.717, 1.165) is 11.7 Å². The van der Waals surface area contributed by atoms with Gasteiger partial charge in [-0.05, 0) is 25.5 Å². The molecule has 0 saturated carbocycles. The lowest BCUT2D eigenvalue weighted by molar-refractivity contribution is 0.101. The summed E-state index contributed by atoms with van der Waals surface area (Å²) in [6.45, 7) is 6.16. The van der Waals surface area contributed by atoms with Gasteiger partial charge in [0.15, 0.2) is 5.78 Å². The molecule has 0 aliphatic carbocycles. The first-order valence-corrected chi connectivity index (χ1v) is 10.5. The molecule has 0 fully saturated rings. The number of carbonyl (C=O) groups is 1. The van der Waals surface area contributed by atoms with E-state index in [4.69, 9.17) is 4.74 Å². The van der Waals surface area contributed by atoms with Gasteiger partial charge in [-0.3, -0.25) is 4.79 Å². The highest BCUT2D eigenvalue weighted by molar-refractivity contribution is 7.73. The van der Waals surface area contributed by atoms with Gasteiger partial charge < -0.3 is 4.74 Å². The third kappa shape index (κ3) is 4.93. The molecule has 0 aliphatic heterocycles. The zero-order valence-electron chi connectivity index (χ0n) is 15.5. The van der Waals surface area contributed by atoms with E-state index < -0.39 is 7.92 Å². The van der Waals surface area contributed by atoms with E-state index in [9.17, 15) is 4.79 Å². The monoisotopic (exact) mass is 374 g/mol. The number of rotatable bonds is 8. The van der Waals surface area contributed by atoms with Crippen molar-refractivity contribution in [2.45, 2.75) is 6.92 Å². The highest BCUT2D eigenvalue weighted by Crippen LogP contribution is 2.33. The summed E-state index contributed by atoms with van der Waals surface area (Å²) in [7, 11) is -0.504. The van der Waals surface area contributed by atoms with Crippen molar-refractivity contribution >= 4 is 30.1 Å². The van der Waals surface area contributed by atoms with Gasteiger partial charge in [-0.2, -0.15) is 0 Å². The Bertz CT molecular complexity index is 864. The second-order valence-electron chi connectivity index (χ2n) is 6.20. The van der Waals surface area contributed by atoms with Crippen molar-refractivity contribution in [1.29, 1.82) is 0 Å². The van der Waals surface area contributed by atoms with Gasteiger partial charge >= 0.3 is 0 Å². The van der Waals surface area contributed by atoms with Gasteiger partial charge in [0.25, 0.3) is 0 Å². The molecule has 2 nitrogen and oxygen atoms in total. The molecule has 0 amide bonds. The van der Waals surface area contributed by atoms with Crippen molar-refractivity contribution in [3.8, 4) is 0 Å². The Balaban J connectivity index is 1.72. The summed E-state index contributed by atoms with van der Waals surface area (Å²) < 4.78 is 5.96. The summed E-state index contributed by atoms with van der Waals surface area (Å²) in [5.41, 5.74) is 1.42. The van der Waals surface area contributed by atoms with Crippen LogP contribution in [0.2, 0.25) is 0 Å². The summed E-state index contributed by atoms with van der Waals surface area (Å²) in [4.78, 5) is 11.8. The molecule has 3 aromatic carbocycles. The van der Waals surface area contributed by atoms with Crippen molar-refractivity contribution in [1.82, 2.24) is 0 Å². The van der Waals surface area contributed by atoms with Crippen LogP contribution in [0.4, 0.5) is 0 Å². The van der Waals surface area contributed by atoms with Crippen LogP contribution < -0.4 is 10.6 Å². The van der Waals surface area contributed by atoms with Crippen LogP contribution in [-0.2, 0) is 4.74 Å². The fourth-order valence-electron chi connectivity index (χ4n) is 2.99. The van der Waals surface area contributed by atoms with Crippen LogP contribution in [0, 0.1) is 0 Å². The Morgan fingerprint density at radius 1 is 0.815 bits per heavy atom. The number of hydrogen-bond acceptors (Lipinski definition) is 2. The van der Waals surface area contributed by atoms with Crippen LogP contribution in [0.25, 0.3) is 5.76 Å². The minimum absolute atomic E-state index is 0.0196. The first-order valence-electron chi connectivity index (χ1n) is 8.96. The van der Waals surface area contributed by atoms with E-state index in [1.165, 1.54) is 10.6 Å². The molecule has 136 valence electrons. The summed E-state index contributed by atoms with van der Waals surface area (Å²) >= 11 is 0.